The predicted molar refractivity (Wildman–Crippen MR) is 101 cm³/mol. The summed E-state index contributed by atoms with van der Waals surface area (Å²) in [7, 11) is 0. The molecule has 0 aliphatic rings. The van der Waals surface area contributed by atoms with Gasteiger partial charge in [-0.2, -0.15) is 5.10 Å². The van der Waals surface area contributed by atoms with Gasteiger partial charge in [0.15, 0.2) is 6.10 Å². The molecule has 0 spiro atoms. The predicted octanol–water partition coefficient (Wildman–Crippen LogP) is 3.08. The minimum Gasteiger partial charge on any atom is -0.490 e. The monoisotopic (exact) mass is 369 g/mol. The fraction of sp³-hybridized carbons (Fsp3) is 0.158. The number of amides is 1. The van der Waals surface area contributed by atoms with Gasteiger partial charge in [0, 0.05) is 12.1 Å². The Morgan fingerprint density at radius 1 is 1.22 bits per heavy atom. The lowest BCUT2D eigenvalue weighted by Gasteiger charge is -2.12. The van der Waals surface area contributed by atoms with Gasteiger partial charge < -0.3 is 9.47 Å². The Labute approximate surface area is 156 Å². The molecular formula is C19H19N3O5. The normalized spacial score (nSPS) is 11.6. The molecule has 0 bridgehead atoms. The van der Waals surface area contributed by atoms with Crippen molar-refractivity contribution in [3.05, 3.63) is 76.9 Å². The number of hydrogen-bond donors (Lipinski definition) is 1. The number of nitro benzene ring substituents is 1. The van der Waals surface area contributed by atoms with Crippen molar-refractivity contribution < 1.29 is 19.2 Å². The minimum absolute atomic E-state index is 0.0510. The molecule has 2 aromatic carbocycles. The summed E-state index contributed by atoms with van der Waals surface area (Å²) >= 11 is 0. The fourth-order valence-corrected chi connectivity index (χ4v) is 1.97. The van der Waals surface area contributed by atoms with Crippen LogP contribution in [0.3, 0.4) is 0 Å². The van der Waals surface area contributed by atoms with Crippen molar-refractivity contribution in [2.75, 3.05) is 6.61 Å². The Morgan fingerprint density at radius 2 is 1.85 bits per heavy atom. The van der Waals surface area contributed by atoms with E-state index in [1.165, 1.54) is 30.5 Å². The van der Waals surface area contributed by atoms with E-state index in [1.54, 1.807) is 37.3 Å². The summed E-state index contributed by atoms with van der Waals surface area (Å²) < 4.78 is 10.8. The van der Waals surface area contributed by atoms with Gasteiger partial charge in [0.05, 0.1) is 11.1 Å². The number of hydrogen-bond acceptors (Lipinski definition) is 6. The Bertz CT molecular complexity index is 816. The van der Waals surface area contributed by atoms with Crippen molar-refractivity contribution in [2.24, 2.45) is 5.10 Å². The van der Waals surface area contributed by atoms with Crippen LogP contribution in [0.25, 0.3) is 0 Å². The minimum atomic E-state index is -0.821. The standard InChI is InChI=1S/C19H19N3O5/c1-3-12-26-17-8-4-15(5-9-17)13-20-21-19(23)14(2)27-18-10-6-16(7-11-18)22(24)25/h3-11,13-14H,1,12H2,2H3,(H,21,23)/b20-13+. The number of nitro groups is 1. The lowest BCUT2D eigenvalue weighted by Crippen LogP contribution is -2.33. The molecule has 0 saturated heterocycles. The maximum absolute atomic E-state index is 12.0. The number of benzene rings is 2. The molecule has 0 radical (unpaired) electrons. The van der Waals surface area contributed by atoms with Crippen LogP contribution in [0.15, 0.2) is 66.3 Å². The molecule has 8 heteroatoms. The van der Waals surface area contributed by atoms with E-state index in [2.05, 4.69) is 17.1 Å². The highest BCUT2D eigenvalue weighted by Gasteiger charge is 2.14. The number of nitrogens with zero attached hydrogens (tertiary/aromatic N) is 2. The van der Waals surface area contributed by atoms with Gasteiger partial charge in [0.2, 0.25) is 0 Å². The zero-order valence-electron chi connectivity index (χ0n) is 14.7. The van der Waals surface area contributed by atoms with Crippen molar-refractivity contribution in [1.82, 2.24) is 5.43 Å². The van der Waals surface area contributed by atoms with E-state index >= 15 is 0 Å². The van der Waals surface area contributed by atoms with E-state index in [1.807, 2.05) is 0 Å². The highest BCUT2D eigenvalue weighted by atomic mass is 16.6. The van der Waals surface area contributed by atoms with Crippen molar-refractivity contribution in [2.45, 2.75) is 13.0 Å². The van der Waals surface area contributed by atoms with Crippen LogP contribution in [-0.2, 0) is 4.79 Å². The average molecular weight is 369 g/mol. The summed E-state index contributed by atoms with van der Waals surface area (Å²) in [5.74, 6) is 0.610. The Hall–Kier alpha value is -3.68. The first-order valence-corrected chi connectivity index (χ1v) is 8.07. The number of nitrogens with one attached hydrogen (secondary N) is 1. The number of carbonyl (C=O) groups excluding carboxylic acids is 1. The van der Waals surface area contributed by atoms with Crippen LogP contribution in [0.2, 0.25) is 0 Å². The lowest BCUT2D eigenvalue weighted by molar-refractivity contribution is -0.384. The smallest absolute Gasteiger partial charge is 0.280 e. The second kappa shape index (κ2) is 9.71. The van der Waals surface area contributed by atoms with Crippen molar-refractivity contribution in [3.8, 4) is 11.5 Å². The third kappa shape index (κ3) is 6.28. The maximum atomic E-state index is 12.0. The molecule has 1 N–H and O–H groups in total. The first-order valence-electron chi connectivity index (χ1n) is 8.07. The fourth-order valence-electron chi connectivity index (χ4n) is 1.97. The number of carbonyl (C=O) groups is 1. The molecule has 0 heterocycles. The number of hydrazone groups is 1. The maximum Gasteiger partial charge on any atom is 0.280 e. The van der Waals surface area contributed by atoms with Gasteiger partial charge in [-0.25, -0.2) is 5.43 Å². The SMILES string of the molecule is C=CCOc1ccc(/C=N/NC(=O)C(C)Oc2ccc([N+](=O)[O-])cc2)cc1. The van der Waals surface area contributed by atoms with Crippen LogP contribution in [-0.4, -0.2) is 29.8 Å². The summed E-state index contributed by atoms with van der Waals surface area (Å²) in [6.07, 6.45) is 2.33. The highest BCUT2D eigenvalue weighted by molar-refractivity contribution is 5.84. The van der Waals surface area contributed by atoms with E-state index in [0.717, 1.165) is 5.56 Å². The Morgan fingerprint density at radius 3 is 2.44 bits per heavy atom. The zero-order chi connectivity index (χ0) is 19.6. The van der Waals surface area contributed by atoms with Crippen LogP contribution >= 0.6 is 0 Å². The molecule has 0 saturated carbocycles. The molecule has 0 aromatic heterocycles. The molecule has 1 unspecified atom stereocenters. The van der Waals surface area contributed by atoms with Crippen LogP contribution < -0.4 is 14.9 Å². The van der Waals surface area contributed by atoms with E-state index in [0.29, 0.717) is 18.1 Å². The largest absolute Gasteiger partial charge is 0.490 e. The van der Waals surface area contributed by atoms with Gasteiger partial charge in [0.25, 0.3) is 11.6 Å². The Balaban J connectivity index is 1.84. The molecule has 2 aromatic rings. The van der Waals surface area contributed by atoms with Crippen molar-refractivity contribution in [1.29, 1.82) is 0 Å². The molecule has 27 heavy (non-hydrogen) atoms. The third-order valence-corrected chi connectivity index (χ3v) is 3.37. The van der Waals surface area contributed by atoms with Crippen LogP contribution in [0, 0.1) is 10.1 Å². The molecule has 140 valence electrons. The van der Waals surface area contributed by atoms with Crippen molar-refractivity contribution in [3.63, 3.8) is 0 Å². The van der Waals surface area contributed by atoms with E-state index in [-0.39, 0.29) is 5.69 Å². The third-order valence-electron chi connectivity index (χ3n) is 3.37. The summed E-state index contributed by atoms with van der Waals surface area (Å²) in [6, 6.07) is 12.6. The number of ether oxygens (including phenoxy) is 2. The van der Waals surface area contributed by atoms with E-state index in [4.69, 9.17) is 9.47 Å². The van der Waals surface area contributed by atoms with Crippen LogP contribution in [0.4, 0.5) is 5.69 Å². The molecule has 8 nitrogen and oxygen atoms in total. The van der Waals surface area contributed by atoms with Gasteiger partial charge in [-0.15, -0.1) is 0 Å². The van der Waals surface area contributed by atoms with Crippen LogP contribution in [0.5, 0.6) is 11.5 Å². The number of rotatable bonds is 9. The van der Waals surface area contributed by atoms with Gasteiger partial charge in [-0.3, -0.25) is 14.9 Å². The zero-order valence-corrected chi connectivity index (χ0v) is 14.7. The molecule has 2 rings (SSSR count). The van der Waals surface area contributed by atoms with Gasteiger partial charge in [-0.1, -0.05) is 12.7 Å². The molecular weight excluding hydrogens is 350 g/mol. The Kier molecular flexibility index (Phi) is 7.07. The van der Waals surface area contributed by atoms with E-state index in [9.17, 15) is 14.9 Å². The highest BCUT2D eigenvalue weighted by Crippen LogP contribution is 2.18. The number of non-ortho nitro benzene ring substituents is 1. The van der Waals surface area contributed by atoms with E-state index < -0.39 is 16.9 Å². The molecule has 0 fully saturated rings. The van der Waals surface area contributed by atoms with Gasteiger partial charge in [0.1, 0.15) is 18.1 Å². The molecule has 1 atom stereocenters. The summed E-state index contributed by atoms with van der Waals surface area (Å²) in [5.41, 5.74) is 3.11. The van der Waals surface area contributed by atoms with Gasteiger partial charge >= 0.3 is 0 Å². The molecule has 0 aliphatic heterocycles. The quantitative estimate of drug-likeness (QED) is 0.317. The summed E-state index contributed by atoms with van der Waals surface area (Å²) in [5, 5.41) is 14.5. The summed E-state index contributed by atoms with van der Waals surface area (Å²) in [4.78, 5) is 22.1. The molecule has 1 amide bonds. The lowest BCUT2D eigenvalue weighted by atomic mass is 10.2. The second-order valence-electron chi connectivity index (χ2n) is 5.41. The summed E-state index contributed by atoms with van der Waals surface area (Å²) in [6.45, 7) is 5.56. The molecule has 0 aliphatic carbocycles. The average Bonchev–Trinajstić information content (AvgIpc) is 2.67. The van der Waals surface area contributed by atoms with Gasteiger partial charge in [-0.05, 0) is 48.9 Å². The van der Waals surface area contributed by atoms with Crippen molar-refractivity contribution >= 4 is 17.8 Å². The topological polar surface area (TPSA) is 103 Å². The van der Waals surface area contributed by atoms with Crippen LogP contribution in [0.1, 0.15) is 12.5 Å². The first kappa shape index (κ1) is 19.6. The first-order chi connectivity index (χ1) is 13.0. The second-order valence-corrected chi connectivity index (χ2v) is 5.41.